The van der Waals surface area contributed by atoms with Crippen LogP contribution >= 0.6 is 12.4 Å². The van der Waals surface area contributed by atoms with Crippen molar-refractivity contribution in [3.05, 3.63) is 35.4 Å². The maximum atomic E-state index is 12.6. The third-order valence-electron chi connectivity index (χ3n) is 3.09. The minimum Gasteiger partial charge on any atom is -0.315 e. The molecule has 0 spiro atoms. The first-order valence-electron chi connectivity index (χ1n) is 6.15. The number of halogens is 4. The minimum absolute atomic E-state index is 0. The van der Waals surface area contributed by atoms with Gasteiger partial charge in [0.2, 0.25) is 0 Å². The van der Waals surface area contributed by atoms with Gasteiger partial charge in [-0.05, 0) is 31.1 Å². The largest absolute Gasteiger partial charge is 0.416 e. The van der Waals surface area contributed by atoms with Crippen LogP contribution in [0.2, 0.25) is 0 Å². The summed E-state index contributed by atoms with van der Waals surface area (Å²) in [4.78, 5) is 2.19. The Bertz CT molecular complexity index is 388. The van der Waals surface area contributed by atoms with Crippen molar-refractivity contribution >= 4 is 12.4 Å². The van der Waals surface area contributed by atoms with Gasteiger partial charge in [-0.2, -0.15) is 13.2 Å². The molecule has 1 aliphatic heterocycles. The van der Waals surface area contributed by atoms with Crippen LogP contribution in [-0.2, 0) is 12.7 Å². The molecule has 1 aromatic carbocycles. The van der Waals surface area contributed by atoms with E-state index in [0.29, 0.717) is 6.54 Å². The van der Waals surface area contributed by atoms with Crippen molar-refractivity contribution in [3.63, 3.8) is 0 Å². The fourth-order valence-electron chi connectivity index (χ4n) is 2.16. The van der Waals surface area contributed by atoms with Crippen molar-refractivity contribution in [3.8, 4) is 0 Å². The fraction of sp³-hybridized carbons (Fsp3) is 0.538. The maximum absolute atomic E-state index is 12.6. The molecular weight excluding hydrogens is 277 g/mol. The quantitative estimate of drug-likeness (QED) is 0.902. The number of nitrogens with one attached hydrogen (secondary N) is 1. The summed E-state index contributed by atoms with van der Waals surface area (Å²) in [6.45, 7) is 4.29. The molecule has 0 amide bonds. The highest BCUT2D eigenvalue weighted by molar-refractivity contribution is 5.85. The van der Waals surface area contributed by atoms with Crippen molar-refractivity contribution in [2.75, 3.05) is 26.2 Å². The molecule has 1 N–H and O–H groups in total. The van der Waals surface area contributed by atoms with Crippen LogP contribution in [0.3, 0.4) is 0 Å². The van der Waals surface area contributed by atoms with Crippen LogP contribution in [0, 0.1) is 0 Å². The van der Waals surface area contributed by atoms with E-state index in [9.17, 15) is 13.2 Å². The van der Waals surface area contributed by atoms with Crippen LogP contribution in [0.15, 0.2) is 24.3 Å². The zero-order valence-electron chi connectivity index (χ0n) is 10.5. The van der Waals surface area contributed by atoms with Gasteiger partial charge in [0.1, 0.15) is 0 Å². The van der Waals surface area contributed by atoms with Crippen molar-refractivity contribution in [2.24, 2.45) is 0 Å². The lowest BCUT2D eigenvalue weighted by Crippen LogP contribution is -2.27. The predicted octanol–water partition coefficient (Wildman–Crippen LogP) is 2.92. The van der Waals surface area contributed by atoms with Crippen LogP contribution in [0.1, 0.15) is 17.5 Å². The first-order chi connectivity index (χ1) is 8.55. The molecule has 0 saturated carbocycles. The molecular formula is C13H18ClF3N2. The summed E-state index contributed by atoms with van der Waals surface area (Å²) < 4.78 is 37.8. The number of hydrogen-bond donors (Lipinski definition) is 1. The van der Waals surface area contributed by atoms with Gasteiger partial charge in [-0.25, -0.2) is 0 Å². The van der Waals surface area contributed by atoms with Gasteiger partial charge in [-0.3, -0.25) is 4.90 Å². The number of rotatable bonds is 2. The van der Waals surface area contributed by atoms with E-state index in [1.54, 1.807) is 6.07 Å². The van der Waals surface area contributed by atoms with Crippen molar-refractivity contribution in [1.82, 2.24) is 10.2 Å². The van der Waals surface area contributed by atoms with Gasteiger partial charge in [0.05, 0.1) is 5.56 Å². The molecule has 108 valence electrons. The van der Waals surface area contributed by atoms with Crippen LogP contribution < -0.4 is 5.32 Å². The molecule has 1 aliphatic rings. The zero-order valence-corrected chi connectivity index (χ0v) is 11.4. The SMILES string of the molecule is Cl.FC(F)(F)c1cccc(CN2CCCNCC2)c1. The maximum Gasteiger partial charge on any atom is 0.416 e. The smallest absolute Gasteiger partial charge is 0.315 e. The van der Waals surface area contributed by atoms with Gasteiger partial charge in [-0.15, -0.1) is 12.4 Å². The van der Waals surface area contributed by atoms with Gasteiger partial charge in [0.15, 0.2) is 0 Å². The fourth-order valence-corrected chi connectivity index (χ4v) is 2.16. The standard InChI is InChI=1S/C13H17F3N2.ClH/c14-13(15,16)12-4-1-3-11(9-12)10-18-7-2-5-17-6-8-18;/h1,3-4,9,17H,2,5-8,10H2;1H. The topological polar surface area (TPSA) is 15.3 Å². The van der Waals surface area contributed by atoms with Crippen molar-refractivity contribution in [1.29, 1.82) is 0 Å². The molecule has 0 atom stereocenters. The zero-order chi connectivity index (χ0) is 13.0. The first kappa shape index (κ1) is 16.3. The van der Waals surface area contributed by atoms with E-state index in [1.807, 2.05) is 0 Å². The Morgan fingerprint density at radius 1 is 1.16 bits per heavy atom. The van der Waals surface area contributed by atoms with E-state index >= 15 is 0 Å². The van der Waals surface area contributed by atoms with E-state index in [-0.39, 0.29) is 12.4 Å². The lowest BCUT2D eigenvalue weighted by molar-refractivity contribution is -0.137. The van der Waals surface area contributed by atoms with Gasteiger partial charge < -0.3 is 5.32 Å². The molecule has 0 bridgehead atoms. The Morgan fingerprint density at radius 2 is 1.95 bits per heavy atom. The highest BCUT2D eigenvalue weighted by Gasteiger charge is 2.30. The number of alkyl halides is 3. The van der Waals surface area contributed by atoms with Crippen molar-refractivity contribution < 1.29 is 13.2 Å². The molecule has 0 unspecified atom stereocenters. The molecule has 1 aromatic rings. The summed E-state index contributed by atoms with van der Waals surface area (Å²) in [5.74, 6) is 0. The molecule has 1 saturated heterocycles. The third kappa shape index (κ3) is 5.01. The van der Waals surface area contributed by atoms with Crippen LogP contribution in [-0.4, -0.2) is 31.1 Å². The van der Waals surface area contributed by atoms with E-state index in [4.69, 9.17) is 0 Å². The Morgan fingerprint density at radius 3 is 2.68 bits per heavy atom. The lowest BCUT2D eigenvalue weighted by atomic mass is 10.1. The average Bonchev–Trinajstić information content (AvgIpc) is 2.57. The summed E-state index contributed by atoms with van der Waals surface area (Å²) in [6, 6.07) is 5.60. The second-order valence-electron chi connectivity index (χ2n) is 4.58. The normalized spacial score (nSPS) is 17.6. The molecule has 0 aromatic heterocycles. The summed E-state index contributed by atoms with van der Waals surface area (Å²) in [5, 5.41) is 3.28. The summed E-state index contributed by atoms with van der Waals surface area (Å²) >= 11 is 0. The molecule has 19 heavy (non-hydrogen) atoms. The summed E-state index contributed by atoms with van der Waals surface area (Å²) in [6.07, 6.45) is -3.21. The lowest BCUT2D eigenvalue weighted by Gasteiger charge is -2.20. The molecule has 1 fully saturated rings. The Hall–Kier alpha value is -0.780. The molecule has 6 heteroatoms. The van der Waals surface area contributed by atoms with Crippen LogP contribution in [0.5, 0.6) is 0 Å². The second kappa shape index (κ2) is 7.12. The Kier molecular flexibility index (Phi) is 6.10. The van der Waals surface area contributed by atoms with Gasteiger partial charge in [0.25, 0.3) is 0 Å². The molecule has 2 rings (SSSR count). The monoisotopic (exact) mass is 294 g/mol. The molecule has 2 nitrogen and oxygen atoms in total. The first-order valence-corrected chi connectivity index (χ1v) is 6.15. The van der Waals surface area contributed by atoms with Gasteiger partial charge in [0, 0.05) is 19.6 Å². The number of benzene rings is 1. The highest BCUT2D eigenvalue weighted by atomic mass is 35.5. The van der Waals surface area contributed by atoms with Gasteiger partial charge in [-0.1, -0.05) is 18.2 Å². The predicted molar refractivity (Wildman–Crippen MR) is 71.5 cm³/mol. The Balaban J connectivity index is 0.00000180. The number of hydrogen-bond acceptors (Lipinski definition) is 2. The van der Waals surface area contributed by atoms with E-state index in [1.165, 1.54) is 12.1 Å². The van der Waals surface area contributed by atoms with E-state index in [0.717, 1.165) is 44.2 Å². The third-order valence-corrected chi connectivity index (χ3v) is 3.09. The average molecular weight is 295 g/mol. The van der Waals surface area contributed by atoms with Crippen LogP contribution in [0.4, 0.5) is 13.2 Å². The summed E-state index contributed by atoms with van der Waals surface area (Å²) in [7, 11) is 0. The number of nitrogens with zero attached hydrogens (tertiary/aromatic N) is 1. The van der Waals surface area contributed by atoms with Crippen molar-refractivity contribution in [2.45, 2.75) is 19.1 Å². The molecule has 1 heterocycles. The molecule has 0 radical (unpaired) electrons. The second-order valence-corrected chi connectivity index (χ2v) is 4.58. The van der Waals surface area contributed by atoms with E-state index < -0.39 is 11.7 Å². The van der Waals surface area contributed by atoms with Gasteiger partial charge >= 0.3 is 6.18 Å². The molecule has 0 aliphatic carbocycles. The van der Waals surface area contributed by atoms with E-state index in [2.05, 4.69) is 10.2 Å². The Labute approximate surface area is 117 Å². The summed E-state index contributed by atoms with van der Waals surface area (Å²) in [5.41, 5.74) is 0.166. The van der Waals surface area contributed by atoms with Crippen LogP contribution in [0.25, 0.3) is 0 Å². The minimum atomic E-state index is -4.25. The highest BCUT2D eigenvalue weighted by Crippen LogP contribution is 2.29.